The van der Waals surface area contributed by atoms with Crippen molar-refractivity contribution in [3.63, 3.8) is 0 Å². The van der Waals surface area contributed by atoms with Crippen LogP contribution in [0.4, 0.5) is 0 Å². The number of benzene rings is 1. The molecule has 140 valence electrons. The Labute approximate surface area is 152 Å². The minimum absolute atomic E-state index is 0.0551. The monoisotopic (exact) mass is 348 g/mol. The van der Waals surface area contributed by atoms with Crippen LogP contribution in [0.1, 0.15) is 39.2 Å². The molecule has 4 nitrogen and oxygen atoms in total. The van der Waals surface area contributed by atoms with Gasteiger partial charge in [-0.25, -0.2) is 0 Å². The third-order valence-electron chi connectivity index (χ3n) is 4.36. The van der Waals surface area contributed by atoms with Gasteiger partial charge < -0.3 is 19.3 Å². The van der Waals surface area contributed by atoms with Crippen LogP contribution in [0.2, 0.25) is 0 Å². The number of aliphatic hydroxyl groups is 1. The van der Waals surface area contributed by atoms with E-state index in [9.17, 15) is 5.11 Å². The number of rotatable bonds is 6. The molecular formula is C21H32O4. The lowest BCUT2D eigenvalue weighted by Crippen LogP contribution is -2.37. The Hall–Kier alpha value is -1.78. The van der Waals surface area contributed by atoms with Crippen molar-refractivity contribution in [2.24, 2.45) is 0 Å². The predicted molar refractivity (Wildman–Crippen MR) is 102 cm³/mol. The van der Waals surface area contributed by atoms with Crippen LogP contribution in [0, 0.1) is 0 Å². The van der Waals surface area contributed by atoms with E-state index in [1.807, 2.05) is 37.3 Å². The summed E-state index contributed by atoms with van der Waals surface area (Å²) in [4.78, 5) is 0. The minimum Gasteiger partial charge on any atom is -0.493 e. The molecule has 0 saturated carbocycles. The Morgan fingerprint density at radius 3 is 2.32 bits per heavy atom. The molecule has 2 atom stereocenters. The zero-order chi connectivity index (χ0) is 19.1. The Morgan fingerprint density at radius 1 is 1.28 bits per heavy atom. The van der Waals surface area contributed by atoms with Gasteiger partial charge in [0.1, 0.15) is 0 Å². The average molecular weight is 348 g/mol. The van der Waals surface area contributed by atoms with E-state index < -0.39 is 5.60 Å². The largest absolute Gasteiger partial charge is 0.493 e. The van der Waals surface area contributed by atoms with Crippen molar-refractivity contribution in [2.75, 3.05) is 14.2 Å². The van der Waals surface area contributed by atoms with E-state index in [1.165, 1.54) is 5.56 Å². The summed E-state index contributed by atoms with van der Waals surface area (Å²) < 4.78 is 16.0. The fraction of sp³-hybridized carbons (Fsp3) is 0.524. The second-order valence-corrected chi connectivity index (χ2v) is 7.00. The number of allylic oxidation sites excluding steroid dienone is 1. The van der Waals surface area contributed by atoms with E-state index >= 15 is 0 Å². The standard InChI is InChI=1S/C11H14O2.C10H18O2/c1-4-5-9-6-7-10(12-2)11(8-9)13-3;1-5-10(4)7-6-8(12-10)9(2,3)11/h4,6-8H,1,5H2,2-3H3;5,8,11H,1,6-7H2,2-4H3. The highest BCUT2D eigenvalue weighted by molar-refractivity contribution is 5.43. The summed E-state index contributed by atoms with van der Waals surface area (Å²) in [6, 6.07) is 5.86. The van der Waals surface area contributed by atoms with Crippen molar-refractivity contribution in [1.82, 2.24) is 0 Å². The maximum atomic E-state index is 9.69. The minimum atomic E-state index is -0.735. The molecule has 0 spiro atoms. The van der Waals surface area contributed by atoms with Gasteiger partial charge in [0.15, 0.2) is 11.5 Å². The molecule has 1 aliphatic rings. The Bertz CT molecular complexity index is 574. The van der Waals surface area contributed by atoms with Gasteiger partial charge in [-0.15, -0.1) is 13.2 Å². The molecule has 0 amide bonds. The Kier molecular flexibility index (Phi) is 7.71. The second-order valence-electron chi connectivity index (χ2n) is 7.00. The predicted octanol–water partition coefficient (Wildman–Crippen LogP) is 4.31. The van der Waals surface area contributed by atoms with Crippen molar-refractivity contribution in [3.8, 4) is 11.5 Å². The molecule has 1 N–H and O–H groups in total. The molecule has 1 aromatic carbocycles. The lowest BCUT2D eigenvalue weighted by atomic mass is 9.97. The first kappa shape index (κ1) is 21.3. The first-order valence-corrected chi connectivity index (χ1v) is 8.54. The van der Waals surface area contributed by atoms with Gasteiger partial charge in [0.25, 0.3) is 0 Å². The van der Waals surface area contributed by atoms with E-state index in [0.29, 0.717) is 0 Å². The molecule has 1 heterocycles. The van der Waals surface area contributed by atoms with Crippen molar-refractivity contribution in [3.05, 3.63) is 49.1 Å². The summed E-state index contributed by atoms with van der Waals surface area (Å²) in [6.07, 6.45) is 6.33. The molecule has 1 aliphatic heterocycles. The molecule has 1 fully saturated rings. The van der Waals surface area contributed by atoms with Crippen molar-refractivity contribution >= 4 is 0 Å². The fourth-order valence-electron chi connectivity index (χ4n) is 2.68. The average Bonchev–Trinajstić information content (AvgIpc) is 2.99. The number of hydrogen-bond donors (Lipinski definition) is 1. The number of ether oxygens (including phenoxy) is 3. The molecule has 2 unspecified atom stereocenters. The van der Waals surface area contributed by atoms with Gasteiger partial charge in [-0.05, 0) is 57.7 Å². The highest BCUT2D eigenvalue weighted by Crippen LogP contribution is 2.35. The molecule has 0 radical (unpaired) electrons. The van der Waals surface area contributed by atoms with Gasteiger partial charge in [0.05, 0.1) is 31.5 Å². The smallest absolute Gasteiger partial charge is 0.160 e. The van der Waals surface area contributed by atoms with Crippen LogP contribution in [0.5, 0.6) is 11.5 Å². The topological polar surface area (TPSA) is 47.9 Å². The molecule has 25 heavy (non-hydrogen) atoms. The molecule has 0 aromatic heterocycles. The van der Waals surface area contributed by atoms with Crippen LogP contribution in [-0.4, -0.2) is 36.6 Å². The van der Waals surface area contributed by atoms with Crippen LogP contribution in [-0.2, 0) is 11.2 Å². The van der Waals surface area contributed by atoms with E-state index in [2.05, 4.69) is 13.2 Å². The van der Waals surface area contributed by atoms with Gasteiger partial charge in [-0.1, -0.05) is 18.2 Å². The maximum Gasteiger partial charge on any atom is 0.160 e. The summed E-state index contributed by atoms with van der Waals surface area (Å²) in [5, 5.41) is 9.69. The summed E-state index contributed by atoms with van der Waals surface area (Å²) in [6.45, 7) is 13.0. The zero-order valence-electron chi connectivity index (χ0n) is 16.2. The lowest BCUT2D eigenvalue weighted by molar-refractivity contribution is -0.0997. The fourth-order valence-corrected chi connectivity index (χ4v) is 2.68. The van der Waals surface area contributed by atoms with Crippen LogP contribution in [0.3, 0.4) is 0 Å². The summed E-state index contributed by atoms with van der Waals surface area (Å²) in [5.74, 6) is 1.53. The molecular weight excluding hydrogens is 316 g/mol. The summed E-state index contributed by atoms with van der Waals surface area (Å²) in [7, 11) is 3.26. The van der Waals surface area contributed by atoms with E-state index in [4.69, 9.17) is 14.2 Å². The quantitative estimate of drug-likeness (QED) is 0.778. The Balaban J connectivity index is 0.000000251. The van der Waals surface area contributed by atoms with Crippen molar-refractivity contribution in [1.29, 1.82) is 0 Å². The SMILES string of the molecule is C=CC1(C)CCC(C(C)(C)O)O1.C=CCc1ccc(OC)c(OC)c1. The van der Waals surface area contributed by atoms with Gasteiger partial charge in [0, 0.05) is 0 Å². The molecule has 0 bridgehead atoms. The Morgan fingerprint density at radius 2 is 1.92 bits per heavy atom. The third-order valence-corrected chi connectivity index (χ3v) is 4.36. The van der Waals surface area contributed by atoms with Crippen LogP contribution < -0.4 is 9.47 Å². The molecule has 2 rings (SSSR count). The summed E-state index contributed by atoms with van der Waals surface area (Å²) >= 11 is 0. The van der Waals surface area contributed by atoms with Crippen LogP contribution in [0.25, 0.3) is 0 Å². The van der Waals surface area contributed by atoms with Gasteiger partial charge in [-0.3, -0.25) is 0 Å². The van der Waals surface area contributed by atoms with E-state index in [-0.39, 0.29) is 11.7 Å². The van der Waals surface area contributed by atoms with Crippen molar-refractivity contribution in [2.45, 2.75) is 57.3 Å². The molecule has 1 aromatic rings. The first-order chi connectivity index (χ1) is 11.7. The first-order valence-electron chi connectivity index (χ1n) is 8.54. The van der Waals surface area contributed by atoms with Gasteiger partial charge in [0.2, 0.25) is 0 Å². The van der Waals surface area contributed by atoms with Crippen molar-refractivity contribution < 1.29 is 19.3 Å². The lowest BCUT2D eigenvalue weighted by Gasteiger charge is -2.28. The van der Waals surface area contributed by atoms with Gasteiger partial charge in [-0.2, -0.15) is 0 Å². The van der Waals surface area contributed by atoms with Gasteiger partial charge >= 0.3 is 0 Å². The van der Waals surface area contributed by atoms with E-state index in [0.717, 1.165) is 30.8 Å². The third kappa shape index (κ3) is 6.22. The number of hydrogen-bond acceptors (Lipinski definition) is 4. The van der Waals surface area contributed by atoms with E-state index in [1.54, 1.807) is 28.1 Å². The molecule has 0 aliphatic carbocycles. The maximum absolute atomic E-state index is 9.69. The molecule has 4 heteroatoms. The van der Waals surface area contributed by atoms with Crippen LogP contribution in [0.15, 0.2) is 43.5 Å². The normalized spacial score (nSPS) is 22.6. The highest BCUT2D eigenvalue weighted by atomic mass is 16.5. The summed E-state index contributed by atoms with van der Waals surface area (Å²) in [5.41, 5.74) is 0.207. The second kappa shape index (κ2) is 9.07. The zero-order valence-corrected chi connectivity index (χ0v) is 16.2. The highest BCUT2D eigenvalue weighted by Gasteiger charge is 2.40. The number of methoxy groups -OCH3 is 2. The molecule has 1 saturated heterocycles. The van der Waals surface area contributed by atoms with Crippen LogP contribution >= 0.6 is 0 Å².